The zero-order valence-electron chi connectivity index (χ0n) is 10.1. The molecule has 2 heterocycles. The highest BCUT2D eigenvalue weighted by atomic mass is 35.5. The maximum atomic E-state index is 13.5. The summed E-state index contributed by atoms with van der Waals surface area (Å²) in [6, 6.07) is 0.676. The predicted molar refractivity (Wildman–Crippen MR) is 68.1 cm³/mol. The van der Waals surface area contributed by atoms with Crippen LogP contribution in [0.15, 0.2) is 12.3 Å². The van der Waals surface area contributed by atoms with Crippen LogP contribution in [-0.4, -0.2) is 34.9 Å². The average molecular weight is 272 g/mol. The molecule has 1 N–H and O–H groups in total. The molecular weight excluding hydrogens is 257 g/mol. The summed E-state index contributed by atoms with van der Waals surface area (Å²) in [5.41, 5.74) is 0. The molecule has 2 rings (SSSR count). The van der Waals surface area contributed by atoms with E-state index in [1.165, 1.54) is 12.3 Å². The third-order valence-electron chi connectivity index (χ3n) is 2.95. The first-order chi connectivity index (χ1) is 8.58. The molecule has 1 fully saturated rings. The maximum Gasteiger partial charge on any atom is 0.244 e. The van der Waals surface area contributed by atoms with Crippen LogP contribution in [0.25, 0.3) is 0 Å². The van der Waals surface area contributed by atoms with Gasteiger partial charge in [0.2, 0.25) is 5.91 Å². The van der Waals surface area contributed by atoms with E-state index in [1.807, 2.05) is 0 Å². The number of rotatable bonds is 3. The van der Waals surface area contributed by atoms with E-state index in [1.54, 1.807) is 11.8 Å². The van der Waals surface area contributed by atoms with E-state index in [0.29, 0.717) is 0 Å². The Morgan fingerprint density at radius 3 is 2.83 bits per heavy atom. The Labute approximate surface area is 110 Å². The largest absolute Gasteiger partial charge is 0.356 e. The average Bonchev–Trinajstić information content (AvgIpc) is 2.85. The lowest BCUT2D eigenvalue weighted by atomic mass is 10.3. The number of likely N-dealkylation sites (tertiary alicyclic amines) is 1. The molecule has 1 amide bonds. The maximum absolute atomic E-state index is 13.5. The Kier molecular flexibility index (Phi) is 4.01. The molecule has 0 spiro atoms. The van der Waals surface area contributed by atoms with E-state index in [4.69, 9.17) is 11.6 Å². The standard InChI is InChI=1S/C12H15ClFN3O/c1-8(12(18)17-4-2-3-5-17)16-11-10(14)6-9(13)7-15-11/h6-8H,2-5H2,1H3,(H,15,16). The van der Waals surface area contributed by atoms with Crippen LogP contribution in [0.3, 0.4) is 0 Å². The van der Waals surface area contributed by atoms with Crippen LogP contribution < -0.4 is 5.32 Å². The molecule has 0 bridgehead atoms. The van der Waals surface area contributed by atoms with Gasteiger partial charge in [0.05, 0.1) is 5.02 Å². The van der Waals surface area contributed by atoms with Crippen LogP contribution in [0.5, 0.6) is 0 Å². The number of anilines is 1. The van der Waals surface area contributed by atoms with Gasteiger partial charge >= 0.3 is 0 Å². The van der Waals surface area contributed by atoms with E-state index < -0.39 is 11.9 Å². The summed E-state index contributed by atoms with van der Waals surface area (Å²) in [5.74, 6) is -0.522. The lowest BCUT2D eigenvalue weighted by Crippen LogP contribution is -2.39. The summed E-state index contributed by atoms with van der Waals surface area (Å²) in [6.45, 7) is 3.26. The molecule has 4 nitrogen and oxygen atoms in total. The van der Waals surface area contributed by atoms with Crippen LogP contribution in [0.4, 0.5) is 10.2 Å². The molecule has 1 saturated heterocycles. The monoisotopic (exact) mass is 271 g/mol. The molecule has 1 unspecified atom stereocenters. The van der Waals surface area contributed by atoms with Crippen LogP contribution in [0, 0.1) is 5.82 Å². The summed E-state index contributed by atoms with van der Waals surface area (Å²) in [7, 11) is 0. The Balaban J connectivity index is 2.01. The lowest BCUT2D eigenvalue weighted by molar-refractivity contribution is -0.130. The second-order valence-electron chi connectivity index (χ2n) is 4.38. The summed E-state index contributed by atoms with van der Waals surface area (Å²) < 4.78 is 13.5. The van der Waals surface area contributed by atoms with Crippen molar-refractivity contribution in [3.63, 3.8) is 0 Å². The van der Waals surface area contributed by atoms with Gasteiger partial charge in [-0.1, -0.05) is 11.6 Å². The van der Waals surface area contributed by atoms with Crippen molar-refractivity contribution in [3.8, 4) is 0 Å². The number of nitrogens with zero attached hydrogens (tertiary/aromatic N) is 2. The van der Waals surface area contributed by atoms with Gasteiger partial charge in [0.25, 0.3) is 0 Å². The van der Waals surface area contributed by atoms with Crippen molar-refractivity contribution in [2.24, 2.45) is 0 Å². The van der Waals surface area contributed by atoms with Gasteiger partial charge < -0.3 is 10.2 Å². The van der Waals surface area contributed by atoms with Crippen LogP contribution in [-0.2, 0) is 4.79 Å². The molecule has 1 aliphatic rings. The number of halogens is 2. The first-order valence-electron chi connectivity index (χ1n) is 5.94. The fraction of sp³-hybridized carbons (Fsp3) is 0.500. The summed E-state index contributed by atoms with van der Waals surface area (Å²) in [4.78, 5) is 17.6. The van der Waals surface area contributed by atoms with Crippen molar-refractivity contribution in [3.05, 3.63) is 23.1 Å². The van der Waals surface area contributed by atoms with E-state index >= 15 is 0 Å². The Bertz CT molecular complexity index is 449. The molecule has 0 radical (unpaired) electrons. The van der Waals surface area contributed by atoms with Crippen LogP contribution in [0.2, 0.25) is 5.02 Å². The van der Waals surface area contributed by atoms with Crippen molar-refractivity contribution in [2.75, 3.05) is 18.4 Å². The Hall–Kier alpha value is -1.36. The molecule has 1 aromatic heterocycles. The third-order valence-corrected chi connectivity index (χ3v) is 3.16. The quantitative estimate of drug-likeness (QED) is 0.917. The number of pyridine rings is 1. The van der Waals surface area contributed by atoms with Crippen LogP contribution in [0.1, 0.15) is 19.8 Å². The normalized spacial score (nSPS) is 16.7. The third kappa shape index (κ3) is 2.90. The van der Waals surface area contributed by atoms with Gasteiger partial charge in [-0.25, -0.2) is 9.37 Å². The lowest BCUT2D eigenvalue weighted by Gasteiger charge is -2.21. The molecule has 1 atom stereocenters. The summed E-state index contributed by atoms with van der Waals surface area (Å²) >= 11 is 5.61. The van der Waals surface area contributed by atoms with E-state index in [0.717, 1.165) is 25.9 Å². The number of carbonyl (C=O) groups excluding carboxylic acids is 1. The molecule has 0 aromatic carbocycles. The van der Waals surface area contributed by atoms with Crippen molar-refractivity contribution >= 4 is 23.3 Å². The number of amides is 1. The molecule has 6 heteroatoms. The summed E-state index contributed by atoms with van der Waals surface area (Å²) in [5, 5.41) is 3.01. The molecule has 1 aliphatic heterocycles. The fourth-order valence-electron chi connectivity index (χ4n) is 2.00. The minimum absolute atomic E-state index is 0.0244. The number of aromatic nitrogens is 1. The van der Waals surface area contributed by atoms with Crippen molar-refractivity contribution in [1.29, 1.82) is 0 Å². The first-order valence-corrected chi connectivity index (χ1v) is 6.32. The van der Waals surface area contributed by atoms with Gasteiger partial charge in [0, 0.05) is 19.3 Å². The van der Waals surface area contributed by atoms with Gasteiger partial charge in [-0.2, -0.15) is 0 Å². The topological polar surface area (TPSA) is 45.2 Å². The van der Waals surface area contributed by atoms with Gasteiger partial charge in [0.15, 0.2) is 11.6 Å². The first kappa shape index (κ1) is 13.1. The van der Waals surface area contributed by atoms with Crippen molar-refractivity contribution in [2.45, 2.75) is 25.8 Å². The SMILES string of the molecule is CC(Nc1ncc(Cl)cc1F)C(=O)N1CCCC1. The molecule has 0 aliphatic carbocycles. The fourth-order valence-corrected chi connectivity index (χ4v) is 2.14. The molecular formula is C12H15ClFN3O. The van der Waals surface area contributed by atoms with Gasteiger partial charge in [-0.05, 0) is 25.8 Å². The molecule has 0 saturated carbocycles. The smallest absolute Gasteiger partial charge is 0.244 e. The van der Waals surface area contributed by atoms with Crippen LogP contribution >= 0.6 is 11.6 Å². The van der Waals surface area contributed by atoms with Gasteiger partial charge in [-0.3, -0.25) is 4.79 Å². The van der Waals surface area contributed by atoms with E-state index in [-0.39, 0.29) is 16.7 Å². The zero-order chi connectivity index (χ0) is 13.1. The van der Waals surface area contributed by atoms with E-state index in [2.05, 4.69) is 10.3 Å². The minimum Gasteiger partial charge on any atom is -0.356 e. The number of nitrogens with one attached hydrogen (secondary N) is 1. The summed E-state index contributed by atoms with van der Waals surface area (Å²) in [6.07, 6.45) is 3.41. The second kappa shape index (κ2) is 5.52. The number of carbonyl (C=O) groups is 1. The Morgan fingerprint density at radius 2 is 2.22 bits per heavy atom. The highest BCUT2D eigenvalue weighted by molar-refractivity contribution is 6.30. The van der Waals surface area contributed by atoms with Gasteiger partial charge in [0.1, 0.15) is 6.04 Å². The predicted octanol–water partition coefficient (Wildman–Crippen LogP) is 2.30. The second-order valence-corrected chi connectivity index (χ2v) is 4.82. The molecule has 18 heavy (non-hydrogen) atoms. The molecule has 1 aromatic rings. The zero-order valence-corrected chi connectivity index (χ0v) is 10.9. The van der Waals surface area contributed by atoms with Gasteiger partial charge in [-0.15, -0.1) is 0 Å². The Morgan fingerprint density at radius 1 is 1.56 bits per heavy atom. The van der Waals surface area contributed by atoms with Crippen molar-refractivity contribution < 1.29 is 9.18 Å². The van der Waals surface area contributed by atoms with Crippen molar-refractivity contribution in [1.82, 2.24) is 9.88 Å². The highest BCUT2D eigenvalue weighted by Gasteiger charge is 2.23. The number of hydrogen-bond acceptors (Lipinski definition) is 3. The minimum atomic E-state index is -0.552. The molecule has 98 valence electrons. The number of hydrogen-bond donors (Lipinski definition) is 1. The van der Waals surface area contributed by atoms with E-state index in [9.17, 15) is 9.18 Å². The highest BCUT2D eigenvalue weighted by Crippen LogP contribution is 2.17.